The van der Waals surface area contributed by atoms with Crippen molar-refractivity contribution in [3.63, 3.8) is 0 Å². The number of nitrogens with one attached hydrogen (secondary N) is 2. The van der Waals surface area contributed by atoms with Gasteiger partial charge in [-0.15, -0.1) is 0 Å². The van der Waals surface area contributed by atoms with E-state index in [1.807, 2.05) is 19.1 Å². The number of carbonyl (C=O) groups excluding carboxylic acids is 1. The van der Waals surface area contributed by atoms with Crippen molar-refractivity contribution >= 4 is 6.41 Å². The quantitative estimate of drug-likeness (QED) is 0.324. The molecule has 1 aromatic heterocycles. The molecule has 0 unspecified atom stereocenters. The van der Waals surface area contributed by atoms with Gasteiger partial charge in [0.25, 0.3) is 0 Å². The molecular weight excluding hydrogens is 298 g/mol. The largest absolute Gasteiger partial charge is 0.396 e. The summed E-state index contributed by atoms with van der Waals surface area (Å²) in [6, 6.07) is 3.91. The normalized spacial score (nSPS) is 11.6. The molecule has 1 rings (SSSR count). The molecule has 0 aromatic carbocycles. The zero-order valence-electron chi connectivity index (χ0n) is 13.6. The van der Waals surface area contributed by atoms with Crippen molar-refractivity contribution in [3.05, 3.63) is 41.1 Å². The summed E-state index contributed by atoms with van der Waals surface area (Å²) in [5.74, 6) is 0.429. The third-order valence-electron chi connectivity index (χ3n) is 3.10. The molecule has 8 heteroatoms. The molecule has 0 bridgehead atoms. The summed E-state index contributed by atoms with van der Waals surface area (Å²) in [6.07, 6.45) is 2.81. The van der Waals surface area contributed by atoms with Crippen molar-refractivity contribution in [1.29, 1.82) is 0 Å². The average Bonchev–Trinajstić information content (AvgIpc) is 2.58. The maximum Gasteiger partial charge on any atom is 0.233 e. The number of aliphatic hydroxyl groups excluding tert-OH is 1. The lowest BCUT2D eigenvalue weighted by atomic mass is 10.2. The molecule has 1 aromatic rings. The van der Waals surface area contributed by atoms with Crippen LogP contribution >= 0.6 is 0 Å². The third-order valence-corrected chi connectivity index (χ3v) is 3.10. The highest BCUT2D eigenvalue weighted by Crippen LogP contribution is 2.03. The van der Waals surface area contributed by atoms with Gasteiger partial charge < -0.3 is 21.5 Å². The van der Waals surface area contributed by atoms with E-state index >= 15 is 0 Å². The number of hydrogen-bond acceptors (Lipinski definition) is 7. The Balaban J connectivity index is 2.59. The van der Waals surface area contributed by atoms with Gasteiger partial charge in [-0.1, -0.05) is 6.07 Å². The van der Waals surface area contributed by atoms with E-state index in [-0.39, 0.29) is 13.2 Å². The minimum Gasteiger partial charge on any atom is -0.396 e. The van der Waals surface area contributed by atoms with Crippen molar-refractivity contribution < 1.29 is 14.7 Å². The second kappa shape index (κ2) is 10.4. The summed E-state index contributed by atoms with van der Waals surface area (Å²) in [4.78, 5) is 20.5. The van der Waals surface area contributed by atoms with Gasteiger partial charge in [-0.3, -0.25) is 14.6 Å². The monoisotopic (exact) mass is 323 g/mol. The van der Waals surface area contributed by atoms with E-state index in [2.05, 4.69) is 15.6 Å². The van der Waals surface area contributed by atoms with Crippen LogP contribution in [0.3, 0.4) is 0 Å². The zero-order chi connectivity index (χ0) is 17.1. The fraction of sp³-hybridized carbons (Fsp3) is 0.467. The van der Waals surface area contributed by atoms with Gasteiger partial charge in [0.1, 0.15) is 12.4 Å². The van der Waals surface area contributed by atoms with Crippen LogP contribution in [0.2, 0.25) is 0 Å². The second-order valence-corrected chi connectivity index (χ2v) is 4.90. The van der Waals surface area contributed by atoms with E-state index in [1.165, 1.54) is 0 Å². The van der Waals surface area contributed by atoms with Gasteiger partial charge in [0.05, 0.1) is 12.2 Å². The minimum absolute atomic E-state index is 0.00623. The van der Waals surface area contributed by atoms with Crippen molar-refractivity contribution in [2.24, 2.45) is 5.73 Å². The van der Waals surface area contributed by atoms with E-state index in [0.29, 0.717) is 37.4 Å². The van der Waals surface area contributed by atoms with Crippen molar-refractivity contribution in [2.75, 3.05) is 26.8 Å². The molecule has 5 N–H and O–H groups in total. The summed E-state index contributed by atoms with van der Waals surface area (Å²) in [5, 5.41) is 15.9. The minimum atomic E-state index is -0.00623. The average molecular weight is 323 g/mol. The Morgan fingerprint density at radius 1 is 1.52 bits per heavy atom. The van der Waals surface area contributed by atoms with Crippen molar-refractivity contribution in [1.82, 2.24) is 20.7 Å². The molecule has 0 atom stereocenters. The van der Waals surface area contributed by atoms with E-state index in [1.54, 1.807) is 13.2 Å². The summed E-state index contributed by atoms with van der Waals surface area (Å²) in [6.45, 7) is 2.88. The highest BCUT2D eigenvalue weighted by molar-refractivity contribution is 5.44. The fourth-order valence-corrected chi connectivity index (χ4v) is 1.71. The summed E-state index contributed by atoms with van der Waals surface area (Å²) in [7, 11) is 1.70. The van der Waals surface area contributed by atoms with Crippen LogP contribution in [0.1, 0.15) is 17.7 Å². The Morgan fingerprint density at radius 2 is 2.30 bits per heavy atom. The molecule has 1 heterocycles. The van der Waals surface area contributed by atoms with Crippen LogP contribution in [0.5, 0.6) is 0 Å². The zero-order valence-corrected chi connectivity index (χ0v) is 13.6. The van der Waals surface area contributed by atoms with Gasteiger partial charge in [-0.2, -0.15) is 0 Å². The van der Waals surface area contributed by atoms with Crippen LogP contribution in [0.15, 0.2) is 29.8 Å². The molecule has 0 aliphatic rings. The van der Waals surface area contributed by atoms with E-state index in [4.69, 9.17) is 15.7 Å². The van der Waals surface area contributed by atoms with Crippen molar-refractivity contribution in [3.8, 4) is 0 Å². The lowest BCUT2D eigenvalue weighted by molar-refractivity contribution is -0.169. The Bertz CT molecular complexity index is 504. The molecule has 1 amide bonds. The number of nitrogens with two attached hydrogens (primary N) is 1. The Labute approximate surface area is 136 Å². The number of aromatic nitrogens is 1. The van der Waals surface area contributed by atoms with Crippen LogP contribution < -0.4 is 16.4 Å². The lowest BCUT2D eigenvalue weighted by Crippen LogP contribution is -2.32. The van der Waals surface area contributed by atoms with Gasteiger partial charge >= 0.3 is 0 Å². The van der Waals surface area contributed by atoms with Crippen LogP contribution in [0.25, 0.3) is 0 Å². The molecule has 0 fully saturated rings. The molecule has 0 radical (unpaired) electrons. The number of pyridine rings is 1. The van der Waals surface area contributed by atoms with Gasteiger partial charge in [0.15, 0.2) is 0 Å². The predicted molar refractivity (Wildman–Crippen MR) is 86.5 cm³/mol. The Kier molecular flexibility index (Phi) is 8.48. The first-order chi connectivity index (χ1) is 11.1. The summed E-state index contributed by atoms with van der Waals surface area (Å²) < 4.78 is 0. The number of aliphatic hydroxyl groups is 1. The number of rotatable bonds is 11. The fourth-order valence-electron chi connectivity index (χ4n) is 1.71. The SMILES string of the molecule is CN/C(N)=C(\CON(C=O)CCCO)NCc1ccc(C)nc1. The summed E-state index contributed by atoms with van der Waals surface area (Å²) in [5.41, 5.74) is 8.48. The molecular formula is C15H25N5O3. The second-order valence-electron chi connectivity index (χ2n) is 4.90. The Morgan fingerprint density at radius 3 is 2.87 bits per heavy atom. The first kappa shape index (κ1) is 18.7. The van der Waals surface area contributed by atoms with Crippen LogP contribution in [-0.4, -0.2) is 48.4 Å². The predicted octanol–water partition coefficient (Wildman–Crippen LogP) is -0.401. The van der Waals surface area contributed by atoms with Crippen LogP contribution in [0, 0.1) is 6.92 Å². The number of aryl methyl sites for hydroxylation is 1. The van der Waals surface area contributed by atoms with E-state index in [0.717, 1.165) is 16.3 Å². The molecule has 0 saturated carbocycles. The Hall–Kier alpha value is -2.32. The van der Waals surface area contributed by atoms with Gasteiger partial charge in [0, 0.05) is 32.1 Å². The number of carbonyl (C=O) groups is 1. The van der Waals surface area contributed by atoms with Gasteiger partial charge in [-0.05, 0) is 25.0 Å². The lowest BCUT2D eigenvalue weighted by Gasteiger charge is -2.19. The molecule has 0 aliphatic carbocycles. The molecule has 23 heavy (non-hydrogen) atoms. The molecule has 8 nitrogen and oxygen atoms in total. The molecule has 0 aliphatic heterocycles. The number of hydroxylamine groups is 2. The van der Waals surface area contributed by atoms with E-state index < -0.39 is 0 Å². The smallest absolute Gasteiger partial charge is 0.233 e. The summed E-state index contributed by atoms with van der Waals surface area (Å²) >= 11 is 0. The van der Waals surface area contributed by atoms with Crippen LogP contribution in [-0.2, 0) is 16.2 Å². The highest BCUT2D eigenvalue weighted by Gasteiger charge is 2.08. The molecule has 0 spiro atoms. The van der Waals surface area contributed by atoms with Crippen molar-refractivity contribution in [2.45, 2.75) is 19.9 Å². The number of nitrogens with zero attached hydrogens (tertiary/aromatic N) is 2. The molecule has 128 valence electrons. The van der Waals surface area contributed by atoms with Gasteiger partial charge in [0.2, 0.25) is 6.41 Å². The van der Waals surface area contributed by atoms with E-state index in [9.17, 15) is 4.79 Å². The number of amides is 1. The first-order valence-electron chi connectivity index (χ1n) is 7.38. The molecule has 0 saturated heterocycles. The number of hydrogen-bond donors (Lipinski definition) is 4. The third kappa shape index (κ3) is 6.98. The maximum atomic E-state index is 10.9. The van der Waals surface area contributed by atoms with Crippen LogP contribution in [0.4, 0.5) is 0 Å². The standard InChI is InChI=1S/C15H25N5O3/c1-12-4-5-13(8-18-12)9-19-14(15(16)17-2)10-23-20(11-22)6-3-7-21/h4-5,8,11,17,19,21H,3,6-7,9-10,16H2,1-2H3/b15-14+. The first-order valence-corrected chi connectivity index (χ1v) is 7.38. The van der Waals surface area contributed by atoms with Gasteiger partial charge in [-0.25, -0.2) is 5.06 Å². The highest BCUT2D eigenvalue weighted by atomic mass is 16.7. The maximum absolute atomic E-state index is 10.9. The topological polar surface area (TPSA) is 113 Å².